The number of nitriles is 1. The lowest BCUT2D eigenvalue weighted by atomic mass is 9.87. The van der Waals surface area contributed by atoms with Crippen LogP contribution in [0.15, 0.2) is 42.5 Å². The number of benzene rings is 2. The molecule has 3 aromatic rings. The number of aliphatic hydroxyl groups is 1. The van der Waals surface area contributed by atoms with Gasteiger partial charge < -0.3 is 5.11 Å². The molecule has 1 aromatic heterocycles. The second-order valence-corrected chi connectivity index (χ2v) is 7.83. The van der Waals surface area contributed by atoms with E-state index in [9.17, 15) is 14.8 Å². The Morgan fingerprint density at radius 2 is 1.90 bits per heavy atom. The van der Waals surface area contributed by atoms with E-state index in [4.69, 9.17) is 4.98 Å². The Morgan fingerprint density at radius 3 is 2.55 bits per heavy atom. The van der Waals surface area contributed by atoms with Gasteiger partial charge in [0, 0.05) is 16.8 Å². The zero-order chi connectivity index (χ0) is 20.5. The van der Waals surface area contributed by atoms with Gasteiger partial charge in [-0.15, -0.1) is 0 Å². The van der Waals surface area contributed by atoms with E-state index in [1.165, 1.54) is 12.1 Å². The van der Waals surface area contributed by atoms with E-state index >= 15 is 0 Å². The molecule has 0 amide bonds. The standard InChI is InChI=1S/C25H23FN2O/c1-15(2)24-22(14-29)23(17-7-9-19(26)10-8-17)21-5-3-4-18-12-16(13-27)6-11-20(18)25(21)28-24/h6-12,15,29H,3-5,14H2,1-2H3. The van der Waals surface area contributed by atoms with Crippen LogP contribution in [0.4, 0.5) is 4.39 Å². The van der Waals surface area contributed by atoms with Gasteiger partial charge in [-0.05, 0) is 71.7 Å². The van der Waals surface area contributed by atoms with Crippen molar-refractivity contribution in [2.24, 2.45) is 0 Å². The predicted octanol–water partition coefficient (Wildman–Crippen LogP) is 5.53. The molecule has 2 aromatic carbocycles. The lowest BCUT2D eigenvalue weighted by molar-refractivity contribution is 0.280. The van der Waals surface area contributed by atoms with Crippen LogP contribution in [0, 0.1) is 17.1 Å². The molecule has 146 valence electrons. The molecule has 0 radical (unpaired) electrons. The molecule has 1 N–H and O–H groups in total. The quantitative estimate of drug-likeness (QED) is 0.644. The number of nitrogens with zero attached hydrogens (tertiary/aromatic N) is 2. The highest BCUT2D eigenvalue weighted by Crippen LogP contribution is 2.41. The zero-order valence-electron chi connectivity index (χ0n) is 16.7. The summed E-state index contributed by atoms with van der Waals surface area (Å²) in [5, 5.41) is 19.5. The summed E-state index contributed by atoms with van der Waals surface area (Å²) >= 11 is 0. The van der Waals surface area contributed by atoms with Crippen molar-refractivity contribution in [1.29, 1.82) is 5.26 Å². The van der Waals surface area contributed by atoms with Crippen LogP contribution >= 0.6 is 0 Å². The lowest BCUT2D eigenvalue weighted by Gasteiger charge is -2.22. The van der Waals surface area contributed by atoms with Crippen molar-refractivity contribution < 1.29 is 9.50 Å². The van der Waals surface area contributed by atoms with Crippen LogP contribution in [0.3, 0.4) is 0 Å². The van der Waals surface area contributed by atoms with E-state index in [-0.39, 0.29) is 18.3 Å². The Balaban J connectivity index is 2.07. The van der Waals surface area contributed by atoms with Crippen molar-refractivity contribution in [3.63, 3.8) is 0 Å². The second kappa shape index (κ2) is 7.77. The summed E-state index contributed by atoms with van der Waals surface area (Å²) in [4.78, 5) is 5.03. The normalized spacial score (nSPS) is 12.8. The van der Waals surface area contributed by atoms with E-state index < -0.39 is 0 Å². The zero-order valence-corrected chi connectivity index (χ0v) is 16.7. The molecular formula is C25H23FN2O. The summed E-state index contributed by atoms with van der Waals surface area (Å²) in [7, 11) is 0. The van der Waals surface area contributed by atoms with Crippen LogP contribution in [-0.2, 0) is 19.4 Å². The third-order valence-electron chi connectivity index (χ3n) is 5.63. The molecule has 0 fully saturated rings. The Kier molecular flexibility index (Phi) is 5.17. The van der Waals surface area contributed by atoms with E-state index in [1.807, 2.05) is 18.2 Å². The van der Waals surface area contributed by atoms with E-state index in [2.05, 4.69) is 19.9 Å². The van der Waals surface area contributed by atoms with E-state index in [1.54, 1.807) is 12.1 Å². The summed E-state index contributed by atoms with van der Waals surface area (Å²) in [6.07, 6.45) is 2.61. The molecule has 0 atom stereocenters. The molecule has 29 heavy (non-hydrogen) atoms. The van der Waals surface area contributed by atoms with Crippen LogP contribution in [0.2, 0.25) is 0 Å². The first-order valence-electron chi connectivity index (χ1n) is 9.99. The molecule has 0 bridgehead atoms. The van der Waals surface area contributed by atoms with Gasteiger partial charge in [-0.3, -0.25) is 4.98 Å². The molecule has 1 aliphatic carbocycles. The van der Waals surface area contributed by atoms with Crippen molar-refractivity contribution in [1.82, 2.24) is 4.98 Å². The molecule has 4 rings (SSSR count). The Morgan fingerprint density at radius 1 is 1.14 bits per heavy atom. The van der Waals surface area contributed by atoms with Crippen LogP contribution in [0.5, 0.6) is 0 Å². The Hall–Kier alpha value is -3.03. The van der Waals surface area contributed by atoms with Gasteiger partial charge in [0.1, 0.15) is 5.82 Å². The number of rotatable bonds is 3. The summed E-state index contributed by atoms with van der Waals surface area (Å²) in [5.41, 5.74) is 8.40. The lowest BCUT2D eigenvalue weighted by Crippen LogP contribution is -2.09. The summed E-state index contributed by atoms with van der Waals surface area (Å²) in [5.74, 6) is -0.148. The fourth-order valence-corrected chi connectivity index (χ4v) is 4.31. The molecule has 1 aliphatic rings. The predicted molar refractivity (Wildman–Crippen MR) is 112 cm³/mol. The van der Waals surface area contributed by atoms with Gasteiger partial charge in [0.25, 0.3) is 0 Å². The number of aryl methyl sites for hydroxylation is 1. The van der Waals surface area contributed by atoms with Gasteiger partial charge in [0.05, 0.1) is 23.9 Å². The van der Waals surface area contributed by atoms with Crippen molar-refractivity contribution >= 4 is 0 Å². The number of halogens is 1. The first-order valence-corrected chi connectivity index (χ1v) is 9.99. The average molecular weight is 386 g/mol. The molecule has 3 nitrogen and oxygen atoms in total. The summed E-state index contributed by atoms with van der Waals surface area (Å²) in [6, 6.07) is 14.5. The highest BCUT2D eigenvalue weighted by Gasteiger charge is 2.25. The molecule has 0 saturated carbocycles. The molecule has 0 unspecified atom stereocenters. The maximum Gasteiger partial charge on any atom is 0.123 e. The summed E-state index contributed by atoms with van der Waals surface area (Å²) in [6.45, 7) is 4.03. The van der Waals surface area contributed by atoms with Crippen LogP contribution in [0.1, 0.15) is 54.1 Å². The highest BCUT2D eigenvalue weighted by molar-refractivity contribution is 5.81. The maximum absolute atomic E-state index is 13.6. The van der Waals surface area contributed by atoms with Crippen LogP contribution in [0.25, 0.3) is 22.4 Å². The second-order valence-electron chi connectivity index (χ2n) is 7.83. The largest absolute Gasteiger partial charge is 0.392 e. The van der Waals surface area contributed by atoms with Gasteiger partial charge in [0.2, 0.25) is 0 Å². The monoisotopic (exact) mass is 386 g/mol. The average Bonchev–Trinajstić information content (AvgIpc) is 2.91. The fourth-order valence-electron chi connectivity index (χ4n) is 4.31. The van der Waals surface area contributed by atoms with E-state index in [0.717, 1.165) is 64.0 Å². The number of aromatic nitrogens is 1. The maximum atomic E-state index is 13.6. The minimum atomic E-state index is -0.280. The van der Waals surface area contributed by atoms with Crippen LogP contribution < -0.4 is 0 Å². The first-order chi connectivity index (χ1) is 14.0. The van der Waals surface area contributed by atoms with Crippen molar-refractivity contribution in [3.8, 4) is 28.5 Å². The number of aliphatic hydroxyl groups excluding tert-OH is 1. The molecule has 4 heteroatoms. The molecule has 0 saturated heterocycles. The van der Waals surface area contributed by atoms with Crippen LogP contribution in [-0.4, -0.2) is 10.1 Å². The Labute approximate surface area is 170 Å². The van der Waals surface area contributed by atoms with Gasteiger partial charge >= 0.3 is 0 Å². The van der Waals surface area contributed by atoms with Gasteiger partial charge in [-0.2, -0.15) is 5.26 Å². The SMILES string of the molecule is CC(C)c1nc2c(c(-c3ccc(F)cc3)c1CO)CCCc1cc(C#N)ccc1-2. The molecular weight excluding hydrogens is 363 g/mol. The topological polar surface area (TPSA) is 56.9 Å². The third kappa shape index (κ3) is 3.43. The highest BCUT2D eigenvalue weighted by atomic mass is 19.1. The smallest absolute Gasteiger partial charge is 0.123 e. The van der Waals surface area contributed by atoms with Crippen molar-refractivity contribution in [2.75, 3.05) is 0 Å². The third-order valence-corrected chi connectivity index (χ3v) is 5.63. The number of pyridine rings is 1. The first kappa shape index (κ1) is 19.3. The summed E-state index contributed by atoms with van der Waals surface area (Å²) < 4.78 is 13.6. The Bertz CT molecular complexity index is 1110. The van der Waals surface area contributed by atoms with Crippen molar-refractivity contribution in [3.05, 3.63) is 76.2 Å². The molecule has 1 heterocycles. The van der Waals surface area contributed by atoms with Crippen molar-refractivity contribution in [2.45, 2.75) is 45.6 Å². The number of fused-ring (bicyclic) bond motifs is 3. The number of hydrogen-bond donors (Lipinski definition) is 1. The van der Waals surface area contributed by atoms with Gasteiger partial charge in [0.15, 0.2) is 0 Å². The van der Waals surface area contributed by atoms with Gasteiger partial charge in [-0.1, -0.05) is 32.0 Å². The minimum Gasteiger partial charge on any atom is -0.392 e. The van der Waals surface area contributed by atoms with Gasteiger partial charge in [-0.25, -0.2) is 4.39 Å². The number of hydrogen-bond acceptors (Lipinski definition) is 3. The molecule has 0 spiro atoms. The fraction of sp³-hybridized carbons (Fsp3) is 0.280. The molecule has 0 aliphatic heterocycles. The minimum absolute atomic E-state index is 0.110. The van der Waals surface area contributed by atoms with E-state index in [0.29, 0.717) is 5.56 Å².